The molecule has 0 aliphatic heterocycles. The van der Waals surface area contributed by atoms with Crippen LogP contribution in [0.4, 0.5) is 0 Å². The van der Waals surface area contributed by atoms with Gasteiger partial charge in [0.2, 0.25) is 0 Å². The first kappa shape index (κ1) is 26.4. The molecule has 0 aromatic rings. The Morgan fingerprint density at radius 2 is 1.56 bits per heavy atom. The Kier molecular flexibility index (Phi) is 15.8. The van der Waals surface area contributed by atoms with Crippen molar-refractivity contribution in [2.75, 3.05) is 33.8 Å². The molecule has 1 atom stereocenters. The minimum absolute atomic E-state index is 0. The van der Waals surface area contributed by atoms with Crippen molar-refractivity contribution < 1.29 is 14.3 Å². The molecule has 0 aliphatic carbocycles. The van der Waals surface area contributed by atoms with Gasteiger partial charge in [0.25, 0.3) is 0 Å². The number of rotatable bonds is 7. The van der Waals surface area contributed by atoms with Crippen molar-refractivity contribution >= 4 is 0 Å². The highest BCUT2D eigenvalue weighted by Gasteiger charge is 2.27. The lowest BCUT2D eigenvalue weighted by molar-refractivity contribution is -0.889. The summed E-state index contributed by atoms with van der Waals surface area (Å²) in [6, 6.07) is 0. The van der Waals surface area contributed by atoms with Gasteiger partial charge in [-0.3, -0.25) is 0 Å². The summed E-state index contributed by atoms with van der Waals surface area (Å²) in [6.07, 6.45) is 0.263. The maximum atomic E-state index is 9.82. The Labute approximate surface area is 117 Å². The van der Waals surface area contributed by atoms with Gasteiger partial charge in [0, 0.05) is 5.41 Å². The van der Waals surface area contributed by atoms with E-state index in [1.807, 2.05) is 13.8 Å². The summed E-state index contributed by atoms with van der Waals surface area (Å²) in [5, 5.41) is 9.82. The van der Waals surface area contributed by atoms with E-state index in [0.717, 1.165) is 24.0 Å². The number of nitrogens with zero attached hydrogens (tertiary/aromatic N) is 1. The first-order valence-corrected chi connectivity index (χ1v) is 5.87. The van der Waals surface area contributed by atoms with Gasteiger partial charge in [-0.2, -0.15) is 0 Å². The van der Waals surface area contributed by atoms with E-state index in [1.54, 1.807) is 0 Å². The zero-order valence-electron chi connectivity index (χ0n) is 11.2. The quantitative estimate of drug-likeness (QED) is 0.561. The highest BCUT2D eigenvalue weighted by molar-refractivity contribution is 4.69. The summed E-state index contributed by atoms with van der Waals surface area (Å²) < 4.78 is 6.41. The first-order valence-electron chi connectivity index (χ1n) is 5.87. The molecule has 1 unspecified atom stereocenters. The van der Waals surface area contributed by atoms with Crippen molar-refractivity contribution in [3.05, 3.63) is 0 Å². The van der Waals surface area contributed by atoms with Gasteiger partial charge in [-0.1, -0.05) is 43.1 Å². The summed E-state index contributed by atoms with van der Waals surface area (Å²) in [5.41, 5.74) is -0.149. The van der Waals surface area contributed by atoms with Gasteiger partial charge < -0.3 is 14.3 Å². The summed E-state index contributed by atoms with van der Waals surface area (Å²) in [7, 11) is 4.33. The molecule has 18 heavy (non-hydrogen) atoms. The lowest BCUT2D eigenvalue weighted by Crippen LogP contribution is -2.43. The molecule has 0 radical (unpaired) electrons. The van der Waals surface area contributed by atoms with Crippen molar-refractivity contribution in [2.24, 2.45) is 5.41 Å². The fourth-order valence-electron chi connectivity index (χ4n) is 0.970. The summed E-state index contributed by atoms with van der Waals surface area (Å²) in [4.78, 5) is 0. The predicted molar refractivity (Wildman–Crippen MR) is 83.7 cm³/mol. The van der Waals surface area contributed by atoms with E-state index in [1.165, 1.54) is 0 Å². The van der Waals surface area contributed by atoms with Crippen molar-refractivity contribution in [3.63, 3.8) is 0 Å². The third kappa shape index (κ3) is 9.86. The zero-order chi connectivity index (χ0) is 12.1. The number of quaternary nitrogens is 1. The van der Waals surface area contributed by atoms with E-state index in [9.17, 15) is 5.11 Å². The standard InChI is InChI=1S/C12H28NO2.3CH4/c1-7-12(3,4)11(14)15-10-9-13(5,6)8-2;;;/h11,14H,7-10H2,1-6H3;3*1H4/q+1;;;. The maximum absolute atomic E-state index is 9.82. The SMILES string of the molecule is C.C.C.CCC(C)(C)C(O)OCC[N+](C)(C)CC. The van der Waals surface area contributed by atoms with E-state index in [0.29, 0.717) is 6.61 Å². The van der Waals surface area contributed by atoms with Gasteiger partial charge in [0.05, 0.1) is 27.2 Å². The molecule has 0 bridgehead atoms. The molecule has 0 aliphatic rings. The average Bonchev–Trinajstić information content (AvgIpc) is 2.17. The number of hydrogen-bond acceptors (Lipinski definition) is 2. The molecular weight excluding hydrogens is 226 g/mol. The topological polar surface area (TPSA) is 29.5 Å². The van der Waals surface area contributed by atoms with Gasteiger partial charge in [0.1, 0.15) is 6.54 Å². The van der Waals surface area contributed by atoms with E-state index in [2.05, 4.69) is 27.9 Å². The molecule has 0 heterocycles. The van der Waals surface area contributed by atoms with E-state index in [4.69, 9.17) is 4.74 Å². The summed E-state index contributed by atoms with van der Waals surface area (Å²) in [6.45, 7) is 10.9. The van der Waals surface area contributed by atoms with E-state index >= 15 is 0 Å². The average molecular weight is 266 g/mol. The fraction of sp³-hybridized carbons (Fsp3) is 1.00. The van der Waals surface area contributed by atoms with E-state index in [-0.39, 0.29) is 27.7 Å². The highest BCUT2D eigenvalue weighted by atomic mass is 16.6. The number of ether oxygens (including phenoxy) is 1. The normalized spacial score (nSPS) is 12.8. The maximum Gasteiger partial charge on any atom is 0.159 e. The summed E-state index contributed by atoms with van der Waals surface area (Å²) >= 11 is 0. The largest absolute Gasteiger partial charge is 0.367 e. The molecule has 0 saturated heterocycles. The molecule has 0 fully saturated rings. The molecule has 0 rings (SSSR count). The van der Waals surface area contributed by atoms with Crippen molar-refractivity contribution in [1.29, 1.82) is 0 Å². The number of hydrogen-bond donors (Lipinski definition) is 1. The molecule has 3 heteroatoms. The lowest BCUT2D eigenvalue weighted by Gasteiger charge is -2.32. The molecule has 3 nitrogen and oxygen atoms in total. The molecule has 116 valence electrons. The Morgan fingerprint density at radius 3 is 1.89 bits per heavy atom. The van der Waals surface area contributed by atoms with Crippen molar-refractivity contribution in [3.8, 4) is 0 Å². The third-order valence-corrected chi connectivity index (χ3v) is 3.41. The zero-order valence-corrected chi connectivity index (χ0v) is 11.2. The Balaban J connectivity index is -0.000000327. The monoisotopic (exact) mass is 266 g/mol. The van der Waals surface area contributed by atoms with Crippen molar-refractivity contribution in [1.82, 2.24) is 0 Å². The smallest absolute Gasteiger partial charge is 0.159 e. The predicted octanol–water partition coefficient (Wildman–Crippen LogP) is 3.76. The van der Waals surface area contributed by atoms with Crippen LogP contribution in [-0.4, -0.2) is 49.7 Å². The van der Waals surface area contributed by atoms with Crippen LogP contribution in [0.5, 0.6) is 0 Å². The van der Waals surface area contributed by atoms with Gasteiger partial charge >= 0.3 is 0 Å². The van der Waals surface area contributed by atoms with Gasteiger partial charge in [-0.05, 0) is 13.3 Å². The second-order valence-corrected chi connectivity index (χ2v) is 5.54. The number of likely N-dealkylation sites (N-methyl/N-ethyl adjacent to an activating group) is 1. The van der Waals surface area contributed by atoms with Crippen LogP contribution in [0.3, 0.4) is 0 Å². The van der Waals surface area contributed by atoms with Crippen LogP contribution < -0.4 is 0 Å². The first-order chi connectivity index (χ1) is 6.75. The molecule has 0 aromatic carbocycles. The number of aliphatic hydroxyl groups is 1. The molecule has 0 amide bonds. The Bertz CT molecular complexity index is 179. The van der Waals surface area contributed by atoms with Crippen LogP contribution in [0.25, 0.3) is 0 Å². The van der Waals surface area contributed by atoms with Gasteiger partial charge in [-0.25, -0.2) is 0 Å². The van der Waals surface area contributed by atoms with Crippen LogP contribution in [0, 0.1) is 5.41 Å². The molecular formula is C15H40NO2+. The minimum Gasteiger partial charge on any atom is -0.367 e. The second kappa shape index (κ2) is 10.8. The summed E-state index contributed by atoms with van der Waals surface area (Å²) in [5.74, 6) is 0. The minimum atomic E-state index is -0.653. The van der Waals surface area contributed by atoms with E-state index < -0.39 is 6.29 Å². The Hall–Kier alpha value is -0.120. The number of aliphatic hydroxyl groups excluding tert-OH is 1. The molecule has 1 N–H and O–H groups in total. The highest BCUT2D eigenvalue weighted by Crippen LogP contribution is 2.25. The van der Waals surface area contributed by atoms with Gasteiger partial charge in [-0.15, -0.1) is 0 Å². The van der Waals surface area contributed by atoms with Gasteiger partial charge in [0.15, 0.2) is 6.29 Å². The van der Waals surface area contributed by atoms with Crippen LogP contribution in [0.2, 0.25) is 0 Å². The van der Waals surface area contributed by atoms with Crippen LogP contribution in [-0.2, 0) is 4.74 Å². The molecule has 0 spiro atoms. The Morgan fingerprint density at radius 1 is 1.11 bits per heavy atom. The molecule has 0 saturated carbocycles. The van der Waals surface area contributed by atoms with Crippen molar-refractivity contribution in [2.45, 2.75) is 62.7 Å². The lowest BCUT2D eigenvalue weighted by atomic mass is 9.89. The van der Waals surface area contributed by atoms with Crippen LogP contribution in [0.15, 0.2) is 0 Å². The second-order valence-electron chi connectivity index (χ2n) is 5.54. The van der Waals surface area contributed by atoms with Crippen LogP contribution >= 0.6 is 0 Å². The third-order valence-electron chi connectivity index (χ3n) is 3.41. The molecule has 0 aromatic heterocycles. The fourth-order valence-corrected chi connectivity index (χ4v) is 0.970. The van der Waals surface area contributed by atoms with Crippen LogP contribution in [0.1, 0.15) is 56.4 Å².